The maximum atomic E-state index is 4.24. The minimum absolute atomic E-state index is 1.04. The molecule has 3 heterocycles. The van der Waals surface area contributed by atoms with E-state index in [0.717, 1.165) is 22.6 Å². The average Bonchev–Trinajstić information content (AvgIpc) is 3.07. The molecule has 0 aliphatic carbocycles. The summed E-state index contributed by atoms with van der Waals surface area (Å²) in [6.45, 7) is 0. The van der Waals surface area contributed by atoms with Crippen molar-refractivity contribution >= 4 is 203 Å². The molecular weight excluding hydrogens is 1370 g/mol. The van der Waals surface area contributed by atoms with E-state index in [1.54, 1.807) is 0 Å². The molecule has 0 aliphatic heterocycles. The van der Waals surface area contributed by atoms with Crippen LogP contribution in [-0.4, -0.2) is 28.7 Å². The first-order valence-corrected chi connectivity index (χ1v) is 16.2. The Labute approximate surface area is 280 Å². The summed E-state index contributed by atoms with van der Waals surface area (Å²) in [5.41, 5.74) is 0. The molecule has 6 nitrogen and oxygen atoms in total. The van der Waals surface area contributed by atoms with Crippen LogP contribution in [0.1, 0.15) is 0 Å². The van der Waals surface area contributed by atoms with E-state index in [9.17, 15) is 0 Å². The van der Waals surface area contributed by atoms with Crippen molar-refractivity contribution in [1.29, 1.82) is 0 Å². The van der Waals surface area contributed by atoms with Crippen molar-refractivity contribution in [1.82, 2.24) is 28.7 Å². The van der Waals surface area contributed by atoms with Crippen LogP contribution in [0.25, 0.3) is 0 Å². The Kier molecular flexibility index (Phi) is 14.9. The monoisotopic (exact) mass is 1380 g/mol. The third-order valence-electron chi connectivity index (χ3n) is 2.80. The second-order valence-electron chi connectivity index (χ2n) is 4.56. The number of halogens is 9. The molecule has 0 radical (unpaired) electrons. The summed E-state index contributed by atoms with van der Waals surface area (Å²) in [5, 5.41) is 0. The first kappa shape index (κ1) is 29.2. The van der Waals surface area contributed by atoms with E-state index in [1.165, 1.54) is 11.1 Å². The van der Waals surface area contributed by atoms with Crippen molar-refractivity contribution in [2.45, 2.75) is 0 Å². The van der Waals surface area contributed by atoms with Crippen molar-refractivity contribution in [2.75, 3.05) is 0 Å². The van der Waals surface area contributed by atoms with Gasteiger partial charge in [0.1, 0.15) is 22.2 Å². The zero-order valence-corrected chi connectivity index (χ0v) is 33.0. The Morgan fingerprint density at radius 3 is 0.667 bits per heavy atom. The lowest BCUT2D eigenvalue weighted by molar-refractivity contribution is 0.854. The van der Waals surface area contributed by atoms with Gasteiger partial charge in [0.25, 0.3) is 0 Å². The number of hydrogen-bond donors (Lipinski definition) is 0. The van der Waals surface area contributed by atoms with Gasteiger partial charge in [0.2, 0.25) is 0 Å². The van der Waals surface area contributed by atoms with Crippen molar-refractivity contribution in [3.05, 3.63) is 33.7 Å². The largest absolute Gasteiger partial charge is 0.317 e. The lowest BCUT2D eigenvalue weighted by atomic mass is 10.9. The summed E-state index contributed by atoms with van der Waals surface area (Å²) in [7, 11) is 6.04. The Balaban J connectivity index is 0.000000202. The fraction of sp³-hybridized carbons (Fsp3) is 0.250. The predicted molar refractivity (Wildman–Crippen MR) is 184 cm³/mol. The van der Waals surface area contributed by atoms with Crippen LogP contribution in [0.2, 0.25) is 0 Å². The molecule has 0 atom stereocenters. The highest BCUT2D eigenvalue weighted by Crippen LogP contribution is 2.17. The first-order valence-electron chi connectivity index (χ1n) is 6.48. The predicted octanol–water partition coefficient (Wildman–Crippen LogP) is 6.70. The Morgan fingerprint density at radius 2 is 0.630 bits per heavy atom. The second-order valence-corrected chi connectivity index (χ2v) is 13.6. The van der Waals surface area contributed by atoms with E-state index in [0.29, 0.717) is 0 Å². The van der Waals surface area contributed by atoms with Gasteiger partial charge in [-0.25, -0.2) is 15.0 Å². The molecular formula is C12H9I9N6. The highest BCUT2D eigenvalue weighted by Gasteiger charge is 2.06. The lowest BCUT2D eigenvalue weighted by Crippen LogP contribution is -1.92. The summed E-state index contributed by atoms with van der Waals surface area (Å²) in [6, 6.07) is 0. The molecule has 0 N–H and O–H groups in total. The Morgan fingerprint density at radius 1 is 0.444 bits per heavy atom. The molecule has 0 aliphatic rings. The van der Waals surface area contributed by atoms with Crippen molar-refractivity contribution in [2.24, 2.45) is 21.1 Å². The van der Waals surface area contributed by atoms with Gasteiger partial charge in [0.15, 0.2) is 11.5 Å². The summed E-state index contributed by atoms with van der Waals surface area (Å²) < 4.78 is 16.2. The molecule has 0 amide bonds. The molecule has 0 saturated heterocycles. The van der Waals surface area contributed by atoms with E-state index in [4.69, 9.17) is 0 Å². The average molecular weight is 1380 g/mol. The van der Waals surface area contributed by atoms with Gasteiger partial charge in [-0.05, 0) is 203 Å². The maximum absolute atomic E-state index is 4.24. The molecule has 3 aromatic rings. The standard InChI is InChI=1S/3C4H3I3N2/c3*1-9-3(6)2(5)8-4(9)7/h3*1H3. The van der Waals surface area contributed by atoms with Crippen LogP contribution in [0, 0.1) is 33.7 Å². The number of rotatable bonds is 0. The molecule has 3 aromatic heterocycles. The van der Waals surface area contributed by atoms with Crippen molar-refractivity contribution in [3.63, 3.8) is 0 Å². The molecule has 0 fully saturated rings. The second kappa shape index (κ2) is 13.8. The normalized spacial score (nSPS) is 10.2. The van der Waals surface area contributed by atoms with Gasteiger partial charge < -0.3 is 13.7 Å². The Hall–Kier alpha value is 4.20. The highest BCUT2D eigenvalue weighted by molar-refractivity contribution is 14.1. The lowest BCUT2D eigenvalue weighted by Gasteiger charge is -1.91. The summed E-state index contributed by atoms with van der Waals surface area (Å²) in [6.07, 6.45) is 0. The molecule has 0 spiro atoms. The maximum Gasteiger partial charge on any atom is 0.172 e. The van der Waals surface area contributed by atoms with Crippen molar-refractivity contribution in [3.8, 4) is 0 Å². The Bertz CT molecular complexity index is 742. The minimum atomic E-state index is 1.04. The fourth-order valence-corrected chi connectivity index (χ4v) is 8.30. The minimum Gasteiger partial charge on any atom is -0.317 e. The topological polar surface area (TPSA) is 53.5 Å². The van der Waals surface area contributed by atoms with Crippen LogP contribution < -0.4 is 0 Å². The van der Waals surface area contributed by atoms with Crippen LogP contribution in [-0.2, 0) is 21.1 Å². The molecule has 3 rings (SSSR count). The smallest absolute Gasteiger partial charge is 0.172 e. The zero-order chi connectivity index (χ0) is 21.0. The van der Waals surface area contributed by atoms with Gasteiger partial charge in [-0.2, -0.15) is 0 Å². The molecule has 0 aromatic carbocycles. The van der Waals surface area contributed by atoms with Crippen LogP contribution >= 0.6 is 203 Å². The molecule has 0 unspecified atom stereocenters. The number of imidazole rings is 3. The van der Waals surface area contributed by atoms with E-state index < -0.39 is 0 Å². The molecule has 0 bridgehead atoms. The SMILES string of the molecule is Cn1c(I)nc(I)c1I.Cn1c(I)nc(I)c1I.Cn1c(I)nc(I)c1I. The van der Waals surface area contributed by atoms with E-state index >= 15 is 0 Å². The third kappa shape index (κ3) is 8.81. The third-order valence-corrected chi connectivity index (χ3v) is 14.7. The fourth-order valence-electron chi connectivity index (χ4n) is 1.26. The highest BCUT2D eigenvalue weighted by atomic mass is 127. The van der Waals surface area contributed by atoms with Gasteiger partial charge in [-0.15, -0.1) is 0 Å². The molecule has 0 saturated carbocycles. The van der Waals surface area contributed by atoms with E-state index in [1.807, 2.05) is 21.1 Å². The van der Waals surface area contributed by atoms with E-state index in [-0.39, 0.29) is 0 Å². The van der Waals surface area contributed by atoms with Gasteiger partial charge in [0.05, 0.1) is 0 Å². The first-order chi connectivity index (χ1) is 12.4. The van der Waals surface area contributed by atoms with Gasteiger partial charge in [-0.3, -0.25) is 0 Å². The van der Waals surface area contributed by atoms with Crippen LogP contribution in [0.15, 0.2) is 0 Å². The molecule has 150 valence electrons. The summed E-state index contributed by atoms with van der Waals surface area (Å²) in [4.78, 5) is 12.7. The van der Waals surface area contributed by atoms with Crippen LogP contribution in [0.3, 0.4) is 0 Å². The number of aromatic nitrogens is 6. The van der Waals surface area contributed by atoms with Gasteiger partial charge in [-0.1, -0.05) is 0 Å². The number of nitrogens with zero attached hydrogens (tertiary/aromatic N) is 6. The summed E-state index contributed by atoms with van der Waals surface area (Å²) >= 11 is 20.2. The summed E-state index contributed by atoms with van der Waals surface area (Å²) in [5.74, 6) is 0. The van der Waals surface area contributed by atoms with Gasteiger partial charge >= 0.3 is 0 Å². The molecule has 15 heteroatoms. The molecule has 27 heavy (non-hydrogen) atoms. The van der Waals surface area contributed by atoms with Crippen molar-refractivity contribution < 1.29 is 0 Å². The van der Waals surface area contributed by atoms with Crippen LogP contribution in [0.5, 0.6) is 0 Å². The van der Waals surface area contributed by atoms with E-state index in [2.05, 4.69) is 232 Å². The quantitative estimate of drug-likeness (QED) is 0.236. The number of hydrogen-bond acceptors (Lipinski definition) is 3. The van der Waals surface area contributed by atoms with Crippen LogP contribution in [0.4, 0.5) is 0 Å². The zero-order valence-electron chi connectivity index (χ0n) is 13.6. The van der Waals surface area contributed by atoms with Gasteiger partial charge in [0, 0.05) is 21.1 Å².